The summed E-state index contributed by atoms with van der Waals surface area (Å²) < 4.78 is 39.1. The third-order valence-corrected chi connectivity index (χ3v) is 6.49. The molecule has 2 N–H and O–H groups in total. The molecular weight excluding hydrogens is 479 g/mol. The highest BCUT2D eigenvalue weighted by Crippen LogP contribution is 2.31. The summed E-state index contributed by atoms with van der Waals surface area (Å²) in [6, 6.07) is 13.8. The monoisotopic (exact) mass is 505 g/mol. The van der Waals surface area contributed by atoms with E-state index in [0.29, 0.717) is 39.3 Å². The van der Waals surface area contributed by atoms with Gasteiger partial charge in [0.1, 0.15) is 6.04 Å². The molecule has 11 heteroatoms. The van der Waals surface area contributed by atoms with Crippen LogP contribution in [0.3, 0.4) is 0 Å². The van der Waals surface area contributed by atoms with Gasteiger partial charge in [0, 0.05) is 50.6 Å². The number of thiocarbonyl (C=S) groups is 1. The van der Waals surface area contributed by atoms with Gasteiger partial charge in [-0.3, -0.25) is 9.59 Å². The number of nitrogens with zero attached hydrogens (tertiary/aromatic N) is 3. The van der Waals surface area contributed by atoms with Gasteiger partial charge in [0.15, 0.2) is 5.11 Å². The lowest BCUT2D eigenvalue weighted by molar-refractivity contribution is -0.137. The number of hydrogen-bond donors (Lipinski definition) is 2. The molecule has 0 saturated carbocycles. The molecule has 2 heterocycles. The molecule has 0 radical (unpaired) electrons. The molecule has 2 aliphatic rings. The van der Waals surface area contributed by atoms with Crippen LogP contribution in [0.1, 0.15) is 12.0 Å². The van der Waals surface area contributed by atoms with Crippen molar-refractivity contribution in [3.8, 4) is 0 Å². The highest BCUT2D eigenvalue weighted by molar-refractivity contribution is 7.80. The Labute approximate surface area is 206 Å². The number of alkyl halides is 3. The fourth-order valence-electron chi connectivity index (χ4n) is 4.28. The first-order valence-corrected chi connectivity index (χ1v) is 11.7. The lowest BCUT2D eigenvalue weighted by Gasteiger charge is -2.39. The maximum Gasteiger partial charge on any atom is 0.416 e. The van der Waals surface area contributed by atoms with Crippen LogP contribution in [0.15, 0.2) is 54.6 Å². The van der Waals surface area contributed by atoms with Gasteiger partial charge in [0.05, 0.1) is 12.0 Å². The van der Waals surface area contributed by atoms with Gasteiger partial charge in [-0.15, -0.1) is 0 Å². The summed E-state index contributed by atoms with van der Waals surface area (Å²) in [6.07, 6.45) is -4.55. The number of para-hydroxylation sites is 1. The Kier molecular flexibility index (Phi) is 7.44. The molecule has 1 unspecified atom stereocenters. The second-order valence-corrected chi connectivity index (χ2v) is 8.80. The van der Waals surface area contributed by atoms with E-state index in [9.17, 15) is 22.8 Å². The van der Waals surface area contributed by atoms with Crippen molar-refractivity contribution < 1.29 is 22.8 Å². The smallest absolute Gasteiger partial charge is 0.368 e. The summed E-state index contributed by atoms with van der Waals surface area (Å²) in [7, 11) is 0. The van der Waals surface area contributed by atoms with Crippen LogP contribution >= 0.6 is 12.2 Å². The summed E-state index contributed by atoms with van der Waals surface area (Å²) >= 11 is 5.42. The molecule has 2 amide bonds. The molecule has 0 aliphatic carbocycles. The predicted molar refractivity (Wildman–Crippen MR) is 131 cm³/mol. The Morgan fingerprint density at radius 1 is 1.03 bits per heavy atom. The van der Waals surface area contributed by atoms with E-state index in [1.165, 1.54) is 12.1 Å². The molecule has 2 aliphatic heterocycles. The first kappa shape index (κ1) is 24.8. The zero-order valence-electron chi connectivity index (χ0n) is 18.9. The Morgan fingerprint density at radius 2 is 1.74 bits per heavy atom. The van der Waals surface area contributed by atoms with Crippen molar-refractivity contribution in [1.29, 1.82) is 0 Å². The number of hydrogen-bond acceptors (Lipinski definition) is 4. The summed E-state index contributed by atoms with van der Waals surface area (Å²) in [5.41, 5.74) is 0.462. The van der Waals surface area contributed by atoms with E-state index in [1.54, 1.807) is 9.80 Å². The number of benzene rings is 2. The Balaban J connectivity index is 1.38. The van der Waals surface area contributed by atoms with E-state index in [2.05, 4.69) is 15.5 Å². The molecule has 1 atom stereocenters. The fourth-order valence-corrected chi connectivity index (χ4v) is 4.61. The van der Waals surface area contributed by atoms with Crippen molar-refractivity contribution in [2.75, 3.05) is 49.5 Å². The summed E-state index contributed by atoms with van der Waals surface area (Å²) in [5, 5.41) is 5.65. The Hall–Kier alpha value is -3.34. The van der Waals surface area contributed by atoms with Gasteiger partial charge >= 0.3 is 6.18 Å². The molecule has 2 aromatic rings. The van der Waals surface area contributed by atoms with Crippen molar-refractivity contribution in [2.45, 2.75) is 18.6 Å². The SMILES string of the molecule is O=C1NCCN(C(=S)Nc2cccc(C(F)(F)F)c2)C1CC(=O)N1CCN(c2ccccc2)CC1. The average Bonchev–Trinajstić information content (AvgIpc) is 2.85. The standard InChI is InChI=1S/C24H26F3N5O2S/c25-24(26,27)17-5-4-6-18(15-17)29-23(35)32-10-9-28-22(34)20(32)16-21(33)31-13-11-30(12-14-31)19-7-2-1-3-8-19/h1-8,15,20H,9-14,16H2,(H,28,34)(H,29,35). The molecule has 7 nitrogen and oxygen atoms in total. The predicted octanol–water partition coefficient (Wildman–Crippen LogP) is 2.94. The maximum atomic E-state index is 13.0. The lowest BCUT2D eigenvalue weighted by atomic mass is 10.1. The van der Waals surface area contributed by atoms with E-state index in [0.717, 1.165) is 17.8 Å². The quantitative estimate of drug-likeness (QED) is 0.623. The van der Waals surface area contributed by atoms with Crippen molar-refractivity contribution in [3.63, 3.8) is 0 Å². The first-order valence-electron chi connectivity index (χ1n) is 11.3. The zero-order valence-corrected chi connectivity index (χ0v) is 19.7. The number of anilines is 2. The van der Waals surface area contributed by atoms with Gasteiger partial charge < -0.3 is 25.3 Å². The number of rotatable bonds is 4. The van der Waals surface area contributed by atoms with E-state index in [-0.39, 0.29) is 29.0 Å². The largest absolute Gasteiger partial charge is 0.416 e. The van der Waals surface area contributed by atoms with Crippen molar-refractivity contribution in [3.05, 3.63) is 60.2 Å². The third kappa shape index (κ3) is 6.02. The first-order chi connectivity index (χ1) is 16.7. The number of nitrogens with one attached hydrogen (secondary N) is 2. The topological polar surface area (TPSA) is 67.9 Å². The van der Waals surface area contributed by atoms with Crippen LogP contribution in [0, 0.1) is 0 Å². The van der Waals surface area contributed by atoms with Gasteiger partial charge in [0.25, 0.3) is 0 Å². The fraction of sp³-hybridized carbons (Fsp3) is 0.375. The summed E-state index contributed by atoms with van der Waals surface area (Å²) in [5.74, 6) is -0.493. The number of carbonyl (C=O) groups is 2. The summed E-state index contributed by atoms with van der Waals surface area (Å²) in [6.45, 7) is 3.11. The molecule has 0 bridgehead atoms. The second kappa shape index (κ2) is 10.5. The van der Waals surface area contributed by atoms with Crippen LogP contribution in [0.4, 0.5) is 24.5 Å². The molecular formula is C24H26F3N5O2S. The van der Waals surface area contributed by atoms with E-state index in [1.807, 2.05) is 30.3 Å². The van der Waals surface area contributed by atoms with Crippen molar-refractivity contribution in [1.82, 2.24) is 15.1 Å². The number of carbonyl (C=O) groups excluding carboxylic acids is 2. The van der Waals surface area contributed by atoms with Crippen LogP contribution in [0.2, 0.25) is 0 Å². The number of piperazine rings is 2. The zero-order chi connectivity index (χ0) is 25.0. The molecule has 2 saturated heterocycles. The minimum atomic E-state index is -4.48. The van der Waals surface area contributed by atoms with Crippen LogP contribution in [-0.4, -0.2) is 72.0 Å². The highest BCUT2D eigenvalue weighted by atomic mass is 32.1. The summed E-state index contributed by atoms with van der Waals surface area (Å²) in [4.78, 5) is 31.2. The van der Waals surface area contributed by atoms with Crippen molar-refractivity contribution in [2.24, 2.45) is 0 Å². The van der Waals surface area contributed by atoms with Gasteiger partial charge in [-0.05, 0) is 42.5 Å². The van der Waals surface area contributed by atoms with E-state index < -0.39 is 17.8 Å². The van der Waals surface area contributed by atoms with Crippen molar-refractivity contribution >= 4 is 40.5 Å². The molecule has 0 spiro atoms. The molecule has 186 valence electrons. The molecule has 0 aromatic heterocycles. The third-order valence-electron chi connectivity index (χ3n) is 6.15. The molecule has 2 fully saturated rings. The minimum absolute atomic E-state index is 0.0679. The number of amides is 2. The van der Waals surface area contributed by atoms with Gasteiger partial charge in [-0.1, -0.05) is 24.3 Å². The molecule has 2 aromatic carbocycles. The highest BCUT2D eigenvalue weighted by Gasteiger charge is 2.35. The maximum absolute atomic E-state index is 13.0. The minimum Gasteiger partial charge on any atom is -0.368 e. The number of halogens is 3. The van der Waals surface area contributed by atoms with Crippen LogP contribution in [0.25, 0.3) is 0 Å². The normalized spacial score (nSPS) is 18.8. The van der Waals surface area contributed by atoms with Gasteiger partial charge in [-0.25, -0.2) is 0 Å². The van der Waals surface area contributed by atoms with Gasteiger partial charge in [0.2, 0.25) is 11.8 Å². The Bertz CT molecular complexity index is 1070. The molecule has 35 heavy (non-hydrogen) atoms. The van der Waals surface area contributed by atoms with Crippen LogP contribution in [-0.2, 0) is 15.8 Å². The second-order valence-electron chi connectivity index (χ2n) is 8.42. The average molecular weight is 506 g/mol. The van der Waals surface area contributed by atoms with Gasteiger partial charge in [-0.2, -0.15) is 13.2 Å². The van der Waals surface area contributed by atoms with E-state index >= 15 is 0 Å². The molecule has 4 rings (SSSR count). The lowest BCUT2D eigenvalue weighted by Crippen LogP contribution is -2.60. The van der Waals surface area contributed by atoms with E-state index in [4.69, 9.17) is 12.2 Å². The van der Waals surface area contributed by atoms with Crippen LogP contribution in [0.5, 0.6) is 0 Å². The van der Waals surface area contributed by atoms with Crippen LogP contribution < -0.4 is 15.5 Å². The Morgan fingerprint density at radius 3 is 2.43 bits per heavy atom.